The van der Waals surface area contributed by atoms with Crippen molar-refractivity contribution in [2.75, 3.05) is 39.0 Å². The highest BCUT2D eigenvalue weighted by molar-refractivity contribution is 7.81. The standard InChI is InChI=1S/C27H38F3N5O2S/c1-38(37)35-16-15-33(14-12-21-5-3-2-4-6-21)19-25(35)26(36)32-13-11-24-17-31-20-34(24)18-22-7-9-23(10-8-22)27(28,29)30/h7-10,17,20-21,25H,2-6,11-16,18-19H2,1H3,(H,32,36). The van der Waals surface area contributed by atoms with Crippen molar-refractivity contribution in [3.8, 4) is 0 Å². The van der Waals surface area contributed by atoms with Crippen molar-refractivity contribution in [3.63, 3.8) is 0 Å². The molecule has 1 N–H and O–H groups in total. The molecule has 2 heterocycles. The molecule has 38 heavy (non-hydrogen) atoms. The molecule has 0 bridgehead atoms. The fourth-order valence-electron chi connectivity index (χ4n) is 5.51. The average molecular weight is 554 g/mol. The molecule has 4 rings (SSSR count). The molecular weight excluding hydrogens is 515 g/mol. The van der Waals surface area contributed by atoms with Crippen LogP contribution in [-0.2, 0) is 34.9 Å². The van der Waals surface area contributed by atoms with Gasteiger partial charge < -0.3 is 9.88 Å². The summed E-state index contributed by atoms with van der Waals surface area (Å²) in [6, 6.07) is 4.64. The third kappa shape index (κ3) is 7.89. The molecule has 1 aromatic carbocycles. The lowest BCUT2D eigenvalue weighted by Gasteiger charge is -2.39. The Morgan fingerprint density at radius 2 is 1.87 bits per heavy atom. The van der Waals surface area contributed by atoms with Crippen LogP contribution in [-0.4, -0.2) is 73.9 Å². The molecule has 2 fully saturated rings. The van der Waals surface area contributed by atoms with Gasteiger partial charge >= 0.3 is 6.18 Å². The Bertz CT molecular complexity index is 1070. The molecule has 2 unspecified atom stereocenters. The van der Waals surface area contributed by atoms with Gasteiger partial charge in [0.2, 0.25) is 5.91 Å². The van der Waals surface area contributed by atoms with Gasteiger partial charge in [-0.05, 0) is 36.6 Å². The third-order valence-corrected chi connectivity index (χ3v) is 8.84. The number of benzene rings is 1. The van der Waals surface area contributed by atoms with E-state index in [1.54, 1.807) is 23.1 Å². The molecule has 7 nitrogen and oxygen atoms in total. The van der Waals surface area contributed by atoms with Crippen molar-refractivity contribution in [2.24, 2.45) is 5.92 Å². The van der Waals surface area contributed by atoms with E-state index in [2.05, 4.69) is 15.2 Å². The number of carbonyl (C=O) groups excluding carboxylic acids is 1. The summed E-state index contributed by atoms with van der Waals surface area (Å²) in [6.07, 6.45) is 8.89. The van der Waals surface area contributed by atoms with Gasteiger partial charge in [-0.2, -0.15) is 13.2 Å². The SMILES string of the molecule is CS(=O)N1CCN(CCC2CCCCC2)CC1C(=O)NCCc1cncn1Cc1ccc(C(F)(F)F)cc1. The highest BCUT2D eigenvalue weighted by Gasteiger charge is 2.34. The minimum Gasteiger partial charge on any atom is -0.354 e. The molecule has 11 heteroatoms. The van der Waals surface area contributed by atoms with E-state index < -0.39 is 28.8 Å². The first-order valence-corrected chi connectivity index (χ1v) is 15.0. The molecular formula is C27H38F3N5O2S. The van der Waals surface area contributed by atoms with Gasteiger partial charge in [0.25, 0.3) is 0 Å². The summed E-state index contributed by atoms with van der Waals surface area (Å²) in [5.74, 6) is 0.651. The minimum atomic E-state index is -4.36. The van der Waals surface area contributed by atoms with Crippen LogP contribution in [0.4, 0.5) is 13.2 Å². The van der Waals surface area contributed by atoms with Gasteiger partial charge in [-0.25, -0.2) is 13.5 Å². The lowest BCUT2D eigenvalue weighted by Crippen LogP contribution is -2.59. The number of aromatic nitrogens is 2. The summed E-state index contributed by atoms with van der Waals surface area (Å²) in [4.78, 5) is 19.7. The summed E-state index contributed by atoms with van der Waals surface area (Å²) in [6.45, 7) is 3.75. The Morgan fingerprint density at radius 3 is 2.55 bits per heavy atom. The first kappa shape index (κ1) is 28.8. The van der Waals surface area contributed by atoms with Crippen LogP contribution in [0.1, 0.15) is 55.3 Å². The molecule has 2 atom stereocenters. The molecule has 1 aromatic heterocycles. The fourth-order valence-corrected chi connectivity index (χ4v) is 6.37. The van der Waals surface area contributed by atoms with E-state index in [0.29, 0.717) is 32.6 Å². The minimum absolute atomic E-state index is 0.128. The van der Waals surface area contributed by atoms with Crippen molar-refractivity contribution in [1.82, 2.24) is 24.1 Å². The number of hydrogen-bond acceptors (Lipinski definition) is 4. The molecule has 2 aromatic rings. The number of alkyl halides is 3. The van der Waals surface area contributed by atoms with Crippen molar-refractivity contribution >= 4 is 16.9 Å². The molecule has 0 radical (unpaired) electrons. The number of rotatable bonds is 10. The van der Waals surface area contributed by atoms with Crippen molar-refractivity contribution in [3.05, 3.63) is 53.6 Å². The van der Waals surface area contributed by atoms with E-state index >= 15 is 0 Å². The Hall–Kier alpha value is -2.24. The van der Waals surface area contributed by atoms with Gasteiger partial charge in [0.05, 0.1) is 22.9 Å². The normalized spacial score (nSPS) is 20.9. The maximum Gasteiger partial charge on any atom is 0.416 e. The topological polar surface area (TPSA) is 70.5 Å². The Labute approximate surface area is 225 Å². The number of halogens is 3. The van der Waals surface area contributed by atoms with E-state index in [-0.39, 0.29) is 5.91 Å². The van der Waals surface area contributed by atoms with E-state index in [0.717, 1.165) is 48.8 Å². The van der Waals surface area contributed by atoms with Gasteiger partial charge in [-0.1, -0.05) is 44.2 Å². The second-order valence-electron chi connectivity index (χ2n) is 10.4. The van der Waals surface area contributed by atoms with Gasteiger partial charge in [0.15, 0.2) is 0 Å². The van der Waals surface area contributed by atoms with Crippen LogP contribution >= 0.6 is 0 Å². The summed E-state index contributed by atoms with van der Waals surface area (Å²) in [5.41, 5.74) is 0.934. The molecule has 210 valence electrons. The van der Waals surface area contributed by atoms with Crippen LogP contribution in [0.3, 0.4) is 0 Å². The quantitative estimate of drug-likeness (QED) is 0.485. The van der Waals surface area contributed by atoms with Crippen LogP contribution < -0.4 is 5.32 Å². The second kappa shape index (κ2) is 13.2. The number of amides is 1. The van der Waals surface area contributed by atoms with Crippen LogP contribution in [0, 0.1) is 5.92 Å². The first-order chi connectivity index (χ1) is 18.2. The molecule has 2 aliphatic rings. The summed E-state index contributed by atoms with van der Waals surface area (Å²) in [7, 11) is -1.23. The molecule has 1 aliphatic carbocycles. The number of imidazole rings is 1. The molecule has 0 spiro atoms. The number of nitrogens with zero attached hydrogens (tertiary/aromatic N) is 4. The zero-order valence-corrected chi connectivity index (χ0v) is 22.8. The Balaban J connectivity index is 1.28. The molecule has 1 saturated carbocycles. The van der Waals surface area contributed by atoms with Crippen LogP contribution in [0.25, 0.3) is 0 Å². The first-order valence-electron chi connectivity index (χ1n) is 13.5. The third-order valence-electron chi connectivity index (χ3n) is 7.74. The largest absolute Gasteiger partial charge is 0.416 e. The maximum atomic E-state index is 13.2. The fraction of sp³-hybridized carbons (Fsp3) is 0.630. The van der Waals surface area contributed by atoms with E-state index in [4.69, 9.17) is 0 Å². The number of piperazine rings is 1. The Kier molecular flexibility index (Phi) is 10.00. The van der Waals surface area contributed by atoms with Gasteiger partial charge in [0, 0.05) is 57.3 Å². The van der Waals surface area contributed by atoms with Gasteiger partial charge in [-0.15, -0.1) is 0 Å². The van der Waals surface area contributed by atoms with Gasteiger partial charge in [0.1, 0.15) is 6.04 Å². The number of nitrogens with one attached hydrogen (secondary N) is 1. The monoisotopic (exact) mass is 553 g/mol. The smallest absolute Gasteiger partial charge is 0.354 e. The highest BCUT2D eigenvalue weighted by atomic mass is 32.2. The maximum absolute atomic E-state index is 13.2. The van der Waals surface area contributed by atoms with Crippen LogP contribution in [0.2, 0.25) is 0 Å². The zero-order valence-electron chi connectivity index (χ0n) is 22.0. The highest BCUT2D eigenvalue weighted by Crippen LogP contribution is 2.29. The molecule has 1 amide bonds. The Morgan fingerprint density at radius 1 is 1.13 bits per heavy atom. The summed E-state index contributed by atoms with van der Waals surface area (Å²) < 4.78 is 54.5. The summed E-state index contributed by atoms with van der Waals surface area (Å²) in [5, 5.41) is 3.01. The van der Waals surface area contributed by atoms with Gasteiger partial charge in [-0.3, -0.25) is 9.69 Å². The van der Waals surface area contributed by atoms with Crippen molar-refractivity contribution in [2.45, 2.75) is 63.7 Å². The predicted octanol–water partition coefficient (Wildman–Crippen LogP) is 3.86. The number of carbonyl (C=O) groups is 1. The zero-order chi connectivity index (χ0) is 27.1. The lowest BCUT2D eigenvalue weighted by molar-refractivity contribution is -0.137. The second-order valence-corrected chi connectivity index (χ2v) is 11.7. The lowest BCUT2D eigenvalue weighted by atomic mass is 9.87. The average Bonchev–Trinajstić information content (AvgIpc) is 3.34. The van der Waals surface area contributed by atoms with Crippen molar-refractivity contribution < 1.29 is 22.2 Å². The van der Waals surface area contributed by atoms with Crippen LogP contribution in [0.15, 0.2) is 36.8 Å². The van der Waals surface area contributed by atoms with E-state index in [1.807, 2.05) is 4.57 Å². The van der Waals surface area contributed by atoms with Crippen molar-refractivity contribution in [1.29, 1.82) is 0 Å². The van der Waals surface area contributed by atoms with E-state index in [1.165, 1.54) is 44.2 Å². The summed E-state index contributed by atoms with van der Waals surface area (Å²) >= 11 is 0. The molecule has 1 saturated heterocycles. The number of hydrogen-bond donors (Lipinski definition) is 1. The van der Waals surface area contributed by atoms with E-state index in [9.17, 15) is 22.2 Å². The molecule has 1 aliphatic heterocycles. The predicted molar refractivity (Wildman–Crippen MR) is 142 cm³/mol. The van der Waals surface area contributed by atoms with Crippen LogP contribution in [0.5, 0.6) is 0 Å².